The summed E-state index contributed by atoms with van der Waals surface area (Å²) in [5.74, 6) is 0.666. The van der Waals surface area contributed by atoms with Crippen molar-refractivity contribution in [2.75, 3.05) is 18.6 Å². The molecule has 0 radical (unpaired) electrons. The fourth-order valence-corrected chi connectivity index (χ4v) is 2.14. The second-order valence-corrected chi connectivity index (χ2v) is 5.42. The molecule has 0 atom stereocenters. The highest BCUT2D eigenvalue weighted by Crippen LogP contribution is 2.12. The van der Waals surface area contributed by atoms with Gasteiger partial charge in [0.15, 0.2) is 0 Å². The van der Waals surface area contributed by atoms with E-state index in [-0.39, 0.29) is 5.97 Å². The van der Waals surface area contributed by atoms with Crippen molar-refractivity contribution in [3.05, 3.63) is 60.2 Å². The molecule has 0 aliphatic carbocycles. The number of unbranched alkanes of at least 4 members (excludes halogenated alkanes) is 1. The van der Waals surface area contributed by atoms with Crippen LogP contribution in [0.15, 0.2) is 59.7 Å². The number of anilines is 1. The average molecular weight is 340 g/mol. The number of rotatable bonds is 10. The number of ether oxygens (including phenoxy) is 2. The van der Waals surface area contributed by atoms with E-state index < -0.39 is 0 Å². The third-order valence-corrected chi connectivity index (χ3v) is 3.41. The van der Waals surface area contributed by atoms with Gasteiger partial charge in [0.05, 0.1) is 25.1 Å². The number of esters is 1. The van der Waals surface area contributed by atoms with Crippen LogP contribution in [0.25, 0.3) is 0 Å². The van der Waals surface area contributed by atoms with Crippen LogP contribution in [0, 0.1) is 0 Å². The predicted molar refractivity (Wildman–Crippen MR) is 100 cm³/mol. The summed E-state index contributed by atoms with van der Waals surface area (Å²) >= 11 is 0. The van der Waals surface area contributed by atoms with Crippen LogP contribution in [0.4, 0.5) is 5.69 Å². The first-order valence-electron chi connectivity index (χ1n) is 8.50. The van der Waals surface area contributed by atoms with E-state index in [1.54, 1.807) is 6.21 Å². The molecule has 2 aromatic carbocycles. The maximum atomic E-state index is 11.2. The Morgan fingerprint density at radius 1 is 1.08 bits per heavy atom. The smallest absolute Gasteiger partial charge is 0.305 e. The maximum Gasteiger partial charge on any atom is 0.305 e. The zero-order chi connectivity index (χ0) is 17.7. The molecule has 0 amide bonds. The minimum Gasteiger partial charge on any atom is -0.494 e. The second kappa shape index (κ2) is 10.9. The predicted octanol–water partition coefficient (Wildman–Crippen LogP) is 4.24. The molecular formula is C20H24N2O3. The first kappa shape index (κ1) is 18.5. The van der Waals surface area contributed by atoms with Crippen molar-refractivity contribution in [3.63, 3.8) is 0 Å². The summed E-state index contributed by atoms with van der Waals surface area (Å²) in [6, 6.07) is 17.5. The van der Waals surface area contributed by atoms with Crippen LogP contribution in [0.3, 0.4) is 0 Å². The average Bonchev–Trinajstić information content (AvgIpc) is 2.64. The number of para-hydroxylation sites is 1. The molecule has 1 N–H and O–H groups in total. The first-order valence-corrected chi connectivity index (χ1v) is 8.50. The molecule has 0 aromatic heterocycles. The lowest BCUT2D eigenvalue weighted by Gasteiger charge is -2.06. The van der Waals surface area contributed by atoms with Crippen LogP contribution >= 0.6 is 0 Å². The van der Waals surface area contributed by atoms with E-state index in [9.17, 15) is 4.79 Å². The van der Waals surface area contributed by atoms with Gasteiger partial charge in [-0.25, -0.2) is 0 Å². The van der Waals surface area contributed by atoms with E-state index in [0.717, 1.165) is 29.8 Å². The van der Waals surface area contributed by atoms with Crippen LogP contribution < -0.4 is 10.2 Å². The van der Waals surface area contributed by atoms with E-state index in [1.165, 1.54) is 0 Å². The van der Waals surface area contributed by atoms with Crippen LogP contribution in [0.5, 0.6) is 5.75 Å². The topological polar surface area (TPSA) is 59.9 Å². The van der Waals surface area contributed by atoms with Gasteiger partial charge in [-0.1, -0.05) is 18.2 Å². The van der Waals surface area contributed by atoms with E-state index in [0.29, 0.717) is 19.6 Å². The molecule has 0 saturated heterocycles. The molecule has 0 fully saturated rings. The first-order chi connectivity index (χ1) is 12.3. The van der Waals surface area contributed by atoms with Gasteiger partial charge in [0.25, 0.3) is 0 Å². The Morgan fingerprint density at radius 2 is 1.84 bits per heavy atom. The van der Waals surface area contributed by atoms with Gasteiger partial charge in [-0.2, -0.15) is 5.10 Å². The number of hydrogen-bond acceptors (Lipinski definition) is 5. The van der Waals surface area contributed by atoms with E-state index in [2.05, 4.69) is 10.5 Å². The van der Waals surface area contributed by atoms with Crippen molar-refractivity contribution in [1.82, 2.24) is 0 Å². The molecule has 0 bridgehead atoms. The summed E-state index contributed by atoms with van der Waals surface area (Å²) in [6.45, 7) is 2.83. The third kappa shape index (κ3) is 7.52. The van der Waals surface area contributed by atoms with Crippen LogP contribution in [-0.4, -0.2) is 25.4 Å². The summed E-state index contributed by atoms with van der Waals surface area (Å²) in [7, 11) is 0. The van der Waals surface area contributed by atoms with Gasteiger partial charge in [0.2, 0.25) is 0 Å². The normalized spacial score (nSPS) is 10.6. The lowest BCUT2D eigenvalue weighted by Crippen LogP contribution is -2.05. The number of nitrogens with one attached hydrogen (secondary N) is 1. The van der Waals surface area contributed by atoms with Gasteiger partial charge in [0, 0.05) is 6.42 Å². The molecule has 0 saturated carbocycles. The third-order valence-electron chi connectivity index (χ3n) is 3.41. The van der Waals surface area contributed by atoms with Gasteiger partial charge >= 0.3 is 5.97 Å². The number of carbonyl (C=O) groups is 1. The Labute approximate surface area is 148 Å². The molecule has 5 heteroatoms. The van der Waals surface area contributed by atoms with Crippen LogP contribution in [0.1, 0.15) is 31.7 Å². The molecule has 2 aromatic rings. The number of hydrogen-bond donors (Lipinski definition) is 1. The molecule has 132 valence electrons. The van der Waals surface area contributed by atoms with Gasteiger partial charge in [-0.05, 0) is 61.7 Å². The fourth-order valence-electron chi connectivity index (χ4n) is 2.14. The standard InChI is InChI=1S/C20H24N2O3/c1-2-24-20(23)10-6-7-15-25-19-13-11-17(12-14-19)16-21-22-18-8-4-3-5-9-18/h3-5,8-9,11-14,16,22H,2,6-7,10,15H2,1H3. The Kier molecular flexibility index (Phi) is 8.05. The van der Waals surface area contributed by atoms with Crippen LogP contribution in [0.2, 0.25) is 0 Å². The Bertz CT molecular complexity index is 654. The summed E-state index contributed by atoms with van der Waals surface area (Å²) in [6.07, 6.45) is 3.80. The molecule has 2 rings (SSSR count). The van der Waals surface area contributed by atoms with Crippen molar-refractivity contribution < 1.29 is 14.3 Å². The largest absolute Gasteiger partial charge is 0.494 e. The lowest BCUT2D eigenvalue weighted by molar-refractivity contribution is -0.143. The number of benzene rings is 2. The van der Waals surface area contributed by atoms with Crippen molar-refractivity contribution in [2.45, 2.75) is 26.2 Å². The molecule has 0 aliphatic heterocycles. The van der Waals surface area contributed by atoms with Gasteiger partial charge < -0.3 is 9.47 Å². The summed E-state index contributed by atoms with van der Waals surface area (Å²) in [5, 5.41) is 4.20. The van der Waals surface area contributed by atoms with Gasteiger partial charge in [0.1, 0.15) is 5.75 Å². The highest BCUT2D eigenvalue weighted by Gasteiger charge is 2.01. The van der Waals surface area contributed by atoms with Gasteiger partial charge in [-0.15, -0.1) is 0 Å². The zero-order valence-corrected chi connectivity index (χ0v) is 14.5. The number of hydrazone groups is 1. The van der Waals surface area contributed by atoms with Crippen molar-refractivity contribution in [2.24, 2.45) is 5.10 Å². The summed E-state index contributed by atoms with van der Waals surface area (Å²) in [5.41, 5.74) is 4.90. The number of nitrogens with zero attached hydrogens (tertiary/aromatic N) is 1. The molecule has 0 unspecified atom stereocenters. The quantitative estimate of drug-likeness (QED) is 0.304. The molecular weight excluding hydrogens is 316 g/mol. The molecule has 0 heterocycles. The van der Waals surface area contributed by atoms with E-state index in [4.69, 9.17) is 9.47 Å². The van der Waals surface area contributed by atoms with E-state index >= 15 is 0 Å². The minimum atomic E-state index is -0.143. The van der Waals surface area contributed by atoms with Crippen molar-refractivity contribution in [1.29, 1.82) is 0 Å². The number of carbonyl (C=O) groups excluding carboxylic acids is 1. The van der Waals surface area contributed by atoms with Crippen molar-refractivity contribution >= 4 is 17.9 Å². The van der Waals surface area contributed by atoms with E-state index in [1.807, 2.05) is 61.5 Å². The SMILES string of the molecule is CCOC(=O)CCCCOc1ccc(C=NNc2ccccc2)cc1. The highest BCUT2D eigenvalue weighted by molar-refractivity contribution is 5.80. The lowest BCUT2D eigenvalue weighted by atomic mass is 10.2. The van der Waals surface area contributed by atoms with Gasteiger partial charge in [-0.3, -0.25) is 10.2 Å². The van der Waals surface area contributed by atoms with Crippen molar-refractivity contribution in [3.8, 4) is 5.75 Å². The molecule has 0 spiro atoms. The summed E-state index contributed by atoms with van der Waals surface area (Å²) in [4.78, 5) is 11.2. The monoisotopic (exact) mass is 340 g/mol. The molecule has 0 aliphatic rings. The highest BCUT2D eigenvalue weighted by atomic mass is 16.5. The zero-order valence-electron chi connectivity index (χ0n) is 14.5. The summed E-state index contributed by atoms with van der Waals surface area (Å²) < 4.78 is 10.5. The molecule has 25 heavy (non-hydrogen) atoms. The fraction of sp³-hybridized carbons (Fsp3) is 0.300. The Balaban J connectivity index is 1.66. The Morgan fingerprint density at radius 3 is 2.56 bits per heavy atom. The second-order valence-electron chi connectivity index (χ2n) is 5.42. The Hall–Kier alpha value is -2.82. The minimum absolute atomic E-state index is 0.143. The van der Waals surface area contributed by atoms with Crippen LogP contribution in [-0.2, 0) is 9.53 Å². The molecule has 5 nitrogen and oxygen atoms in total. The maximum absolute atomic E-state index is 11.2.